The van der Waals surface area contributed by atoms with Gasteiger partial charge in [-0.25, -0.2) is 4.79 Å². The van der Waals surface area contributed by atoms with Crippen LogP contribution in [0.25, 0.3) is 0 Å². The van der Waals surface area contributed by atoms with Gasteiger partial charge in [-0.1, -0.05) is 6.07 Å². The largest absolute Gasteiger partial charge is 0.452 e. The van der Waals surface area contributed by atoms with E-state index in [1.807, 2.05) is 0 Å². The Hall–Kier alpha value is -3.36. The van der Waals surface area contributed by atoms with Crippen LogP contribution >= 0.6 is 0 Å². The third-order valence-corrected chi connectivity index (χ3v) is 4.30. The molecule has 0 atom stereocenters. The zero-order chi connectivity index (χ0) is 21.0. The van der Waals surface area contributed by atoms with Gasteiger partial charge in [0, 0.05) is 24.3 Å². The Bertz CT molecular complexity index is 926. The average Bonchev–Trinajstić information content (AvgIpc) is 3.12. The van der Waals surface area contributed by atoms with Crippen LogP contribution in [0.5, 0.6) is 0 Å². The summed E-state index contributed by atoms with van der Waals surface area (Å²) < 4.78 is 42.6. The van der Waals surface area contributed by atoms with Gasteiger partial charge >= 0.3 is 12.1 Å². The first kappa shape index (κ1) is 20.4. The van der Waals surface area contributed by atoms with E-state index < -0.39 is 30.2 Å². The maximum absolute atomic E-state index is 12.5. The molecule has 1 aliphatic rings. The van der Waals surface area contributed by atoms with Crippen molar-refractivity contribution in [1.29, 1.82) is 0 Å². The number of hydrogen-bond donors (Lipinski definition) is 1. The normalized spacial score (nSPS) is 14.0. The highest BCUT2D eigenvalue weighted by atomic mass is 19.4. The number of esters is 1. The minimum Gasteiger partial charge on any atom is -0.452 e. The Morgan fingerprint density at radius 1 is 1.10 bits per heavy atom. The van der Waals surface area contributed by atoms with Crippen molar-refractivity contribution in [3.63, 3.8) is 0 Å². The Labute approximate surface area is 164 Å². The number of benzene rings is 2. The van der Waals surface area contributed by atoms with Gasteiger partial charge in [-0.15, -0.1) is 0 Å². The Balaban J connectivity index is 1.55. The van der Waals surface area contributed by atoms with Crippen LogP contribution in [-0.4, -0.2) is 30.9 Å². The van der Waals surface area contributed by atoms with Crippen molar-refractivity contribution in [3.8, 4) is 0 Å². The number of carbonyl (C=O) groups is 3. The van der Waals surface area contributed by atoms with Crippen molar-refractivity contribution in [2.45, 2.75) is 19.0 Å². The van der Waals surface area contributed by atoms with Crippen LogP contribution in [-0.2, 0) is 20.5 Å². The number of carbonyl (C=O) groups excluding carboxylic acids is 3. The fourth-order valence-electron chi connectivity index (χ4n) is 2.88. The van der Waals surface area contributed by atoms with E-state index >= 15 is 0 Å². The third kappa shape index (κ3) is 5.13. The second-order valence-electron chi connectivity index (χ2n) is 6.40. The minimum absolute atomic E-state index is 0.0218. The van der Waals surface area contributed by atoms with Crippen LogP contribution in [0, 0.1) is 0 Å². The molecule has 2 amide bonds. The van der Waals surface area contributed by atoms with Gasteiger partial charge < -0.3 is 15.0 Å². The summed E-state index contributed by atoms with van der Waals surface area (Å²) in [6.07, 6.45) is -3.26. The van der Waals surface area contributed by atoms with Gasteiger partial charge in [0.05, 0.1) is 11.1 Å². The molecule has 2 aromatic rings. The zero-order valence-corrected chi connectivity index (χ0v) is 15.2. The number of alkyl halides is 3. The lowest BCUT2D eigenvalue weighted by molar-refractivity contribution is -0.137. The first-order valence-electron chi connectivity index (χ1n) is 8.79. The maximum atomic E-state index is 12.5. The molecule has 1 aliphatic heterocycles. The van der Waals surface area contributed by atoms with Crippen LogP contribution in [0.3, 0.4) is 0 Å². The summed E-state index contributed by atoms with van der Waals surface area (Å²) in [5.74, 6) is -1.46. The second kappa shape index (κ2) is 8.34. The van der Waals surface area contributed by atoms with E-state index in [0.29, 0.717) is 18.7 Å². The molecule has 0 saturated carbocycles. The SMILES string of the molecule is O=C(COC(=O)c1cccc(N2CCCC2=O)c1)Nc1ccc(C(F)(F)F)cc1. The molecule has 1 N–H and O–H groups in total. The number of halogens is 3. The lowest BCUT2D eigenvalue weighted by Gasteiger charge is -2.16. The molecule has 3 rings (SSSR count). The minimum atomic E-state index is -4.47. The van der Waals surface area contributed by atoms with E-state index in [0.717, 1.165) is 30.7 Å². The van der Waals surface area contributed by atoms with Gasteiger partial charge in [0.1, 0.15) is 0 Å². The average molecular weight is 406 g/mol. The molecule has 9 heteroatoms. The lowest BCUT2D eigenvalue weighted by atomic mass is 10.2. The van der Waals surface area contributed by atoms with Gasteiger partial charge in [-0.3, -0.25) is 9.59 Å². The molecular weight excluding hydrogens is 389 g/mol. The second-order valence-corrected chi connectivity index (χ2v) is 6.40. The van der Waals surface area contributed by atoms with Crippen molar-refractivity contribution in [2.75, 3.05) is 23.4 Å². The Kier molecular flexibility index (Phi) is 5.86. The van der Waals surface area contributed by atoms with Crippen molar-refractivity contribution in [1.82, 2.24) is 0 Å². The predicted octanol–water partition coefficient (Wildman–Crippen LogP) is 3.63. The molecule has 0 radical (unpaired) electrons. The first-order chi connectivity index (χ1) is 13.7. The topological polar surface area (TPSA) is 75.7 Å². The van der Waals surface area contributed by atoms with Crippen molar-refractivity contribution in [3.05, 3.63) is 59.7 Å². The quantitative estimate of drug-likeness (QED) is 0.770. The summed E-state index contributed by atoms with van der Waals surface area (Å²) in [4.78, 5) is 37.5. The van der Waals surface area contributed by atoms with E-state index in [1.165, 1.54) is 12.1 Å². The molecule has 0 aliphatic carbocycles. The lowest BCUT2D eigenvalue weighted by Crippen LogP contribution is -2.24. The summed E-state index contributed by atoms with van der Waals surface area (Å²) in [5.41, 5.74) is 0.0765. The first-order valence-corrected chi connectivity index (χ1v) is 8.79. The fourth-order valence-corrected chi connectivity index (χ4v) is 2.88. The molecule has 29 heavy (non-hydrogen) atoms. The van der Waals surface area contributed by atoms with Gasteiger partial charge in [-0.05, 0) is 48.9 Å². The molecule has 0 unspecified atom stereocenters. The summed E-state index contributed by atoms with van der Waals surface area (Å²) in [5, 5.41) is 2.35. The van der Waals surface area contributed by atoms with E-state index in [-0.39, 0.29) is 17.2 Å². The van der Waals surface area contributed by atoms with Crippen LogP contribution in [0.4, 0.5) is 24.5 Å². The molecule has 0 spiro atoms. The van der Waals surface area contributed by atoms with E-state index in [9.17, 15) is 27.6 Å². The van der Waals surface area contributed by atoms with Gasteiger partial charge in [-0.2, -0.15) is 13.2 Å². The molecule has 1 heterocycles. The highest BCUT2D eigenvalue weighted by Crippen LogP contribution is 2.29. The molecule has 1 saturated heterocycles. The number of anilines is 2. The number of nitrogens with one attached hydrogen (secondary N) is 1. The van der Waals surface area contributed by atoms with E-state index in [2.05, 4.69) is 5.32 Å². The predicted molar refractivity (Wildman–Crippen MR) is 98.4 cm³/mol. The van der Waals surface area contributed by atoms with Gasteiger partial charge in [0.2, 0.25) is 5.91 Å². The highest BCUT2D eigenvalue weighted by molar-refractivity contribution is 5.98. The monoisotopic (exact) mass is 406 g/mol. The number of rotatable bonds is 5. The molecule has 1 fully saturated rings. The van der Waals surface area contributed by atoms with Crippen LogP contribution in [0.15, 0.2) is 48.5 Å². The van der Waals surface area contributed by atoms with Gasteiger partial charge in [0.25, 0.3) is 5.91 Å². The number of hydrogen-bond acceptors (Lipinski definition) is 4. The number of ether oxygens (including phenoxy) is 1. The van der Waals surface area contributed by atoms with Crippen molar-refractivity contribution in [2.24, 2.45) is 0 Å². The summed E-state index contributed by atoms with van der Waals surface area (Å²) in [6, 6.07) is 10.2. The van der Waals surface area contributed by atoms with Crippen LogP contribution < -0.4 is 10.2 Å². The standard InChI is InChI=1S/C20H17F3N2O4/c21-20(22,23)14-6-8-15(9-7-14)24-17(26)12-29-19(28)13-3-1-4-16(11-13)25-10-2-5-18(25)27/h1,3-4,6-9,11H,2,5,10,12H2,(H,24,26). The smallest absolute Gasteiger partial charge is 0.416 e. The summed E-state index contributed by atoms with van der Waals surface area (Å²) in [7, 11) is 0. The molecule has 152 valence electrons. The number of amides is 2. The summed E-state index contributed by atoms with van der Waals surface area (Å²) in [6.45, 7) is -0.0282. The Morgan fingerprint density at radius 3 is 2.45 bits per heavy atom. The third-order valence-electron chi connectivity index (χ3n) is 4.30. The van der Waals surface area contributed by atoms with Crippen molar-refractivity contribution >= 4 is 29.2 Å². The molecule has 6 nitrogen and oxygen atoms in total. The fraction of sp³-hybridized carbons (Fsp3) is 0.250. The van der Waals surface area contributed by atoms with E-state index in [4.69, 9.17) is 4.74 Å². The number of nitrogens with zero attached hydrogens (tertiary/aromatic N) is 1. The molecular formula is C20H17F3N2O4. The van der Waals surface area contributed by atoms with Crippen LogP contribution in [0.1, 0.15) is 28.8 Å². The highest BCUT2D eigenvalue weighted by Gasteiger charge is 2.30. The van der Waals surface area contributed by atoms with Gasteiger partial charge in [0.15, 0.2) is 6.61 Å². The van der Waals surface area contributed by atoms with Crippen LogP contribution in [0.2, 0.25) is 0 Å². The summed E-state index contributed by atoms with van der Waals surface area (Å²) >= 11 is 0. The van der Waals surface area contributed by atoms with E-state index in [1.54, 1.807) is 17.0 Å². The molecule has 0 bridgehead atoms. The maximum Gasteiger partial charge on any atom is 0.416 e. The Morgan fingerprint density at radius 2 is 1.83 bits per heavy atom. The molecule has 0 aromatic heterocycles. The molecule has 2 aromatic carbocycles. The van der Waals surface area contributed by atoms with Crippen molar-refractivity contribution < 1.29 is 32.3 Å². The zero-order valence-electron chi connectivity index (χ0n) is 15.2.